The minimum absolute atomic E-state index is 0.0158. The summed E-state index contributed by atoms with van der Waals surface area (Å²) in [7, 11) is 1.57. The summed E-state index contributed by atoms with van der Waals surface area (Å²) in [4.78, 5) is 24.9. The Bertz CT molecular complexity index is 610. The Morgan fingerprint density at radius 2 is 2.22 bits per heavy atom. The van der Waals surface area contributed by atoms with Crippen molar-refractivity contribution in [3.05, 3.63) is 34.6 Å². The van der Waals surface area contributed by atoms with Crippen LogP contribution in [0.1, 0.15) is 25.0 Å². The van der Waals surface area contributed by atoms with Crippen LogP contribution in [-0.2, 0) is 14.3 Å². The molecule has 0 radical (unpaired) electrons. The zero-order chi connectivity index (χ0) is 17.1. The van der Waals surface area contributed by atoms with E-state index in [1.54, 1.807) is 20.0 Å². The second-order valence-corrected chi connectivity index (χ2v) is 6.23. The smallest absolute Gasteiger partial charge is 0.308 e. The number of nitrogens with zero attached hydrogens (tertiary/aromatic N) is 1. The Hall–Kier alpha value is -1.66. The third-order valence-electron chi connectivity index (χ3n) is 4.03. The molecule has 1 heterocycles. The van der Waals surface area contributed by atoms with Gasteiger partial charge in [-0.3, -0.25) is 9.59 Å². The first kappa shape index (κ1) is 17.7. The van der Waals surface area contributed by atoms with Gasteiger partial charge in [-0.25, -0.2) is 4.39 Å². The van der Waals surface area contributed by atoms with Crippen molar-refractivity contribution in [2.24, 2.45) is 11.8 Å². The molecular weight excluding hydrogens is 325 g/mol. The third-order valence-corrected chi connectivity index (χ3v) is 4.33. The molecule has 23 heavy (non-hydrogen) atoms. The molecule has 1 unspecified atom stereocenters. The van der Waals surface area contributed by atoms with Crippen LogP contribution in [0.5, 0.6) is 0 Å². The van der Waals surface area contributed by atoms with E-state index in [-0.39, 0.29) is 17.5 Å². The molecular formula is C16H19ClFNO4. The molecule has 7 heteroatoms. The lowest BCUT2D eigenvalue weighted by Crippen LogP contribution is -2.38. The first-order valence-electron chi connectivity index (χ1n) is 7.35. The molecule has 0 aromatic heterocycles. The molecule has 126 valence electrons. The van der Waals surface area contributed by atoms with Gasteiger partial charge in [0.2, 0.25) is 5.91 Å². The van der Waals surface area contributed by atoms with Gasteiger partial charge in [0.15, 0.2) is 0 Å². The summed E-state index contributed by atoms with van der Waals surface area (Å²) in [5.41, 5.74) is 0.558. The molecule has 1 aliphatic heterocycles. The van der Waals surface area contributed by atoms with Gasteiger partial charge in [0.1, 0.15) is 5.82 Å². The molecule has 0 bridgehead atoms. The van der Waals surface area contributed by atoms with Crippen molar-refractivity contribution in [3.8, 4) is 0 Å². The summed E-state index contributed by atoms with van der Waals surface area (Å²) < 4.78 is 19.2. The van der Waals surface area contributed by atoms with Gasteiger partial charge < -0.3 is 14.7 Å². The minimum Gasteiger partial charge on any atom is -0.481 e. The van der Waals surface area contributed by atoms with Gasteiger partial charge in [0.25, 0.3) is 0 Å². The molecule has 1 amide bonds. The summed E-state index contributed by atoms with van der Waals surface area (Å²) >= 11 is 5.68. The monoisotopic (exact) mass is 343 g/mol. The van der Waals surface area contributed by atoms with Crippen molar-refractivity contribution in [2.45, 2.75) is 19.4 Å². The van der Waals surface area contributed by atoms with Gasteiger partial charge in [0.05, 0.1) is 23.0 Å². The fourth-order valence-corrected chi connectivity index (χ4v) is 2.84. The molecule has 1 aromatic carbocycles. The summed E-state index contributed by atoms with van der Waals surface area (Å²) in [5, 5.41) is 8.96. The number of benzene rings is 1. The molecule has 1 fully saturated rings. The van der Waals surface area contributed by atoms with E-state index in [1.807, 2.05) is 0 Å². The van der Waals surface area contributed by atoms with Gasteiger partial charge >= 0.3 is 5.97 Å². The Morgan fingerprint density at radius 1 is 1.52 bits per heavy atom. The summed E-state index contributed by atoms with van der Waals surface area (Å²) in [6.07, 6.45) is -0.0312. The Labute approximate surface area is 139 Å². The highest BCUT2D eigenvalue weighted by Crippen LogP contribution is 2.36. The quantitative estimate of drug-likeness (QED) is 0.892. The lowest BCUT2D eigenvalue weighted by molar-refractivity contribution is -0.143. The Balaban J connectivity index is 2.12. The predicted octanol–water partition coefficient (Wildman–Crippen LogP) is 2.74. The van der Waals surface area contributed by atoms with Gasteiger partial charge in [-0.2, -0.15) is 0 Å². The molecule has 5 nitrogen and oxygen atoms in total. The highest BCUT2D eigenvalue weighted by molar-refractivity contribution is 6.30. The van der Waals surface area contributed by atoms with Crippen molar-refractivity contribution < 1.29 is 23.8 Å². The van der Waals surface area contributed by atoms with Crippen LogP contribution in [-0.4, -0.2) is 42.1 Å². The maximum absolute atomic E-state index is 13.6. The average Bonchev–Trinajstić information content (AvgIpc) is 2.98. The molecule has 0 saturated carbocycles. The number of carboxylic acid groups (broad SMARTS) is 1. The van der Waals surface area contributed by atoms with E-state index < -0.39 is 29.7 Å². The SMILES string of the molecule is CC(CN(C)C(=O)[C@@H]1CCO[C@H]1c1ccc(Cl)c(F)c1)C(=O)O. The van der Waals surface area contributed by atoms with Crippen LogP contribution in [0, 0.1) is 17.7 Å². The number of amides is 1. The van der Waals surface area contributed by atoms with Gasteiger partial charge in [-0.15, -0.1) is 0 Å². The van der Waals surface area contributed by atoms with E-state index in [0.29, 0.717) is 18.6 Å². The molecule has 1 saturated heterocycles. The molecule has 0 spiro atoms. The fourth-order valence-electron chi connectivity index (χ4n) is 2.72. The number of carbonyl (C=O) groups is 2. The summed E-state index contributed by atoms with van der Waals surface area (Å²) in [6, 6.07) is 4.35. The third kappa shape index (κ3) is 4.00. The van der Waals surface area contributed by atoms with Gasteiger partial charge in [-0.1, -0.05) is 24.6 Å². The maximum atomic E-state index is 13.6. The zero-order valence-corrected chi connectivity index (χ0v) is 13.7. The van der Waals surface area contributed by atoms with Gasteiger partial charge in [-0.05, 0) is 24.1 Å². The molecule has 3 atom stereocenters. The van der Waals surface area contributed by atoms with Crippen LogP contribution >= 0.6 is 11.6 Å². The minimum atomic E-state index is -0.955. The average molecular weight is 344 g/mol. The normalized spacial score (nSPS) is 21.9. The van der Waals surface area contributed by atoms with Crippen molar-refractivity contribution in [1.29, 1.82) is 0 Å². The lowest BCUT2D eigenvalue weighted by atomic mass is 9.93. The first-order chi connectivity index (χ1) is 10.8. The number of ether oxygens (including phenoxy) is 1. The van der Waals surface area contributed by atoms with E-state index in [0.717, 1.165) is 0 Å². The van der Waals surface area contributed by atoms with E-state index in [1.165, 1.54) is 17.0 Å². The van der Waals surface area contributed by atoms with Crippen molar-refractivity contribution in [2.75, 3.05) is 20.2 Å². The number of aliphatic carboxylic acids is 1. The van der Waals surface area contributed by atoms with Crippen LogP contribution in [0.3, 0.4) is 0 Å². The molecule has 1 aromatic rings. The topological polar surface area (TPSA) is 66.8 Å². The number of hydrogen-bond donors (Lipinski definition) is 1. The van der Waals surface area contributed by atoms with Crippen molar-refractivity contribution in [1.82, 2.24) is 4.90 Å². The zero-order valence-electron chi connectivity index (χ0n) is 13.0. The number of carboxylic acids is 1. The van der Waals surface area contributed by atoms with E-state index in [4.69, 9.17) is 21.4 Å². The molecule has 1 aliphatic rings. The highest BCUT2D eigenvalue weighted by Gasteiger charge is 2.37. The van der Waals surface area contributed by atoms with Gasteiger partial charge in [0, 0.05) is 20.2 Å². The van der Waals surface area contributed by atoms with Crippen molar-refractivity contribution >= 4 is 23.5 Å². The lowest BCUT2D eigenvalue weighted by Gasteiger charge is -2.25. The highest BCUT2D eigenvalue weighted by atomic mass is 35.5. The number of rotatable bonds is 5. The Kier molecular flexibility index (Phi) is 5.59. The van der Waals surface area contributed by atoms with E-state index in [2.05, 4.69) is 0 Å². The van der Waals surface area contributed by atoms with Crippen LogP contribution < -0.4 is 0 Å². The largest absolute Gasteiger partial charge is 0.481 e. The Morgan fingerprint density at radius 3 is 2.83 bits per heavy atom. The second kappa shape index (κ2) is 7.27. The predicted molar refractivity (Wildman–Crippen MR) is 82.6 cm³/mol. The number of hydrogen-bond acceptors (Lipinski definition) is 3. The molecule has 0 aliphatic carbocycles. The van der Waals surface area contributed by atoms with Crippen LogP contribution in [0.2, 0.25) is 5.02 Å². The van der Waals surface area contributed by atoms with Crippen LogP contribution in [0.4, 0.5) is 4.39 Å². The standard InChI is InChI=1S/C16H19ClFNO4/c1-9(16(21)22)8-19(2)15(20)11-5-6-23-14(11)10-3-4-12(17)13(18)7-10/h3-4,7,9,11,14H,5-6,8H2,1-2H3,(H,21,22)/t9?,11-,14+/m1/s1. The number of halogens is 2. The summed E-state index contributed by atoms with van der Waals surface area (Å²) in [5.74, 6) is -2.82. The van der Waals surface area contributed by atoms with E-state index >= 15 is 0 Å². The maximum Gasteiger partial charge on any atom is 0.308 e. The van der Waals surface area contributed by atoms with Crippen LogP contribution in [0.15, 0.2) is 18.2 Å². The second-order valence-electron chi connectivity index (χ2n) is 5.82. The summed E-state index contributed by atoms with van der Waals surface area (Å²) in [6.45, 7) is 2.06. The first-order valence-corrected chi connectivity index (χ1v) is 7.73. The fraction of sp³-hybridized carbons (Fsp3) is 0.500. The molecule has 1 N–H and O–H groups in total. The van der Waals surface area contributed by atoms with Crippen molar-refractivity contribution in [3.63, 3.8) is 0 Å². The number of carbonyl (C=O) groups excluding carboxylic acids is 1. The molecule has 2 rings (SSSR count). The van der Waals surface area contributed by atoms with Crippen LogP contribution in [0.25, 0.3) is 0 Å². The van der Waals surface area contributed by atoms with E-state index in [9.17, 15) is 14.0 Å².